The lowest BCUT2D eigenvalue weighted by Crippen LogP contribution is -2.26. The van der Waals surface area contributed by atoms with Gasteiger partial charge >= 0.3 is 6.18 Å². The van der Waals surface area contributed by atoms with Crippen molar-refractivity contribution in [2.24, 2.45) is 5.73 Å². The highest BCUT2D eigenvalue weighted by Gasteiger charge is 2.33. The van der Waals surface area contributed by atoms with Gasteiger partial charge in [0.2, 0.25) is 5.89 Å². The summed E-state index contributed by atoms with van der Waals surface area (Å²) in [6, 6.07) is 15.7. The molecule has 0 saturated heterocycles. The van der Waals surface area contributed by atoms with Crippen molar-refractivity contribution in [3.63, 3.8) is 0 Å². The van der Waals surface area contributed by atoms with Crippen LogP contribution in [0.2, 0.25) is 0 Å². The maximum Gasteiger partial charge on any atom is 0.433 e. The third kappa shape index (κ3) is 5.34. The van der Waals surface area contributed by atoms with Crippen LogP contribution in [0.4, 0.5) is 13.2 Å². The number of pyridine rings is 1. The molecular weight excluding hydrogens is 525 g/mol. The second-order valence-electron chi connectivity index (χ2n) is 8.83. The van der Waals surface area contributed by atoms with Gasteiger partial charge in [0, 0.05) is 22.7 Å². The molecule has 0 spiro atoms. The van der Waals surface area contributed by atoms with Gasteiger partial charge in [0.05, 0.1) is 25.4 Å². The Morgan fingerprint density at radius 1 is 1.05 bits per heavy atom. The molecule has 12 heteroatoms. The molecular formula is C28H23F3N6O3. The molecule has 0 aliphatic rings. The normalized spacial score (nSPS) is 12.3. The second kappa shape index (κ2) is 10.7. The van der Waals surface area contributed by atoms with E-state index in [9.17, 15) is 18.0 Å². The zero-order valence-electron chi connectivity index (χ0n) is 21.4. The Labute approximate surface area is 226 Å². The summed E-state index contributed by atoms with van der Waals surface area (Å²) in [5, 5.41) is 3.03. The Bertz CT molecular complexity index is 1690. The van der Waals surface area contributed by atoms with Crippen LogP contribution in [-0.2, 0) is 12.7 Å². The fraction of sp³-hybridized carbons (Fsp3) is 0.179. The number of nitrogens with zero attached hydrogens (tertiary/aromatic N) is 4. The van der Waals surface area contributed by atoms with Gasteiger partial charge in [0.1, 0.15) is 22.8 Å². The SMILES string of the molecule is COc1ccc(-c2nc(C(=O)NCc3nccc(-c4ccccc4)n3)c([C@H](C)N)o2)c2ccc(C(F)(F)F)nc12. The standard InChI is InChI=1S/C28H23F3N6O3/c1-15(32)25-24(26(38)34-14-22-33-13-12-19(35-22)16-6-4-3-5-7-16)37-27(40-25)18-8-10-20(39-2)23-17(18)9-11-21(36-23)28(29,30)31/h3-13,15H,14,32H2,1-2H3,(H,34,38)/t15-/m0/s1. The number of benzene rings is 2. The zero-order valence-corrected chi connectivity index (χ0v) is 21.4. The zero-order chi connectivity index (χ0) is 28.4. The molecule has 3 aromatic heterocycles. The number of nitrogens with one attached hydrogen (secondary N) is 1. The number of fused-ring (bicyclic) bond motifs is 1. The van der Waals surface area contributed by atoms with Gasteiger partial charge in [-0.05, 0) is 37.3 Å². The maximum atomic E-state index is 13.3. The van der Waals surface area contributed by atoms with E-state index in [4.69, 9.17) is 14.9 Å². The van der Waals surface area contributed by atoms with E-state index in [2.05, 4.69) is 25.3 Å². The van der Waals surface area contributed by atoms with E-state index in [0.29, 0.717) is 22.5 Å². The monoisotopic (exact) mass is 548 g/mol. The van der Waals surface area contributed by atoms with Crippen molar-refractivity contribution in [3.8, 4) is 28.5 Å². The first-order chi connectivity index (χ1) is 19.2. The quantitative estimate of drug-likeness (QED) is 0.280. The third-order valence-corrected chi connectivity index (χ3v) is 6.03. The van der Waals surface area contributed by atoms with Gasteiger partial charge in [-0.1, -0.05) is 30.3 Å². The molecule has 3 N–H and O–H groups in total. The van der Waals surface area contributed by atoms with Crippen LogP contribution < -0.4 is 15.8 Å². The number of aromatic nitrogens is 4. The highest BCUT2D eigenvalue weighted by Crippen LogP contribution is 2.37. The minimum absolute atomic E-state index is 0.00557. The van der Waals surface area contributed by atoms with Crippen LogP contribution >= 0.6 is 0 Å². The summed E-state index contributed by atoms with van der Waals surface area (Å²) < 4.78 is 51.0. The van der Waals surface area contributed by atoms with Gasteiger partial charge in [0.15, 0.2) is 11.5 Å². The Hall–Kier alpha value is -4.84. The van der Waals surface area contributed by atoms with Crippen molar-refractivity contribution < 1.29 is 27.1 Å². The molecule has 0 fully saturated rings. The molecule has 0 unspecified atom stereocenters. The summed E-state index contributed by atoms with van der Waals surface area (Å²) in [4.78, 5) is 30.0. The average Bonchev–Trinajstić information content (AvgIpc) is 3.41. The lowest BCUT2D eigenvalue weighted by molar-refractivity contribution is -0.140. The smallest absolute Gasteiger partial charge is 0.433 e. The maximum absolute atomic E-state index is 13.3. The van der Waals surface area contributed by atoms with E-state index in [-0.39, 0.29) is 35.2 Å². The van der Waals surface area contributed by atoms with Gasteiger partial charge in [-0.25, -0.2) is 19.9 Å². The predicted molar refractivity (Wildman–Crippen MR) is 140 cm³/mol. The van der Waals surface area contributed by atoms with Crippen LogP contribution in [0.25, 0.3) is 33.6 Å². The highest BCUT2D eigenvalue weighted by atomic mass is 19.4. The number of ether oxygens (including phenoxy) is 1. The number of alkyl halides is 3. The first kappa shape index (κ1) is 26.8. The largest absolute Gasteiger partial charge is 0.494 e. The average molecular weight is 549 g/mol. The Balaban J connectivity index is 1.46. The molecule has 5 rings (SSSR count). The van der Waals surface area contributed by atoms with Crippen molar-refractivity contribution >= 4 is 16.8 Å². The molecule has 3 heterocycles. The minimum atomic E-state index is -4.64. The Morgan fingerprint density at radius 3 is 2.52 bits per heavy atom. The topological polar surface area (TPSA) is 129 Å². The molecule has 9 nitrogen and oxygen atoms in total. The fourth-order valence-corrected chi connectivity index (χ4v) is 4.12. The summed E-state index contributed by atoms with van der Waals surface area (Å²) in [5.74, 6) is 0.0450. The van der Waals surface area contributed by atoms with Crippen molar-refractivity contribution in [1.29, 1.82) is 0 Å². The van der Waals surface area contributed by atoms with E-state index in [1.54, 1.807) is 25.3 Å². The molecule has 0 radical (unpaired) electrons. The Kier molecular flexibility index (Phi) is 7.18. The minimum Gasteiger partial charge on any atom is -0.494 e. The van der Waals surface area contributed by atoms with E-state index in [1.807, 2.05) is 30.3 Å². The molecule has 40 heavy (non-hydrogen) atoms. The number of oxazole rings is 1. The number of methoxy groups -OCH3 is 1. The van der Waals surface area contributed by atoms with E-state index >= 15 is 0 Å². The molecule has 1 amide bonds. The van der Waals surface area contributed by atoms with Gasteiger partial charge in [-0.3, -0.25) is 4.79 Å². The first-order valence-electron chi connectivity index (χ1n) is 12.1. The predicted octanol–water partition coefficient (Wildman–Crippen LogP) is 5.32. The van der Waals surface area contributed by atoms with Gasteiger partial charge in [0.25, 0.3) is 5.91 Å². The number of hydrogen-bond donors (Lipinski definition) is 2. The highest BCUT2D eigenvalue weighted by molar-refractivity contribution is 5.98. The first-order valence-corrected chi connectivity index (χ1v) is 12.1. The van der Waals surface area contributed by atoms with Crippen LogP contribution in [0.3, 0.4) is 0 Å². The summed E-state index contributed by atoms with van der Waals surface area (Å²) in [7, 11) is 1.33. The molecule has 204 valence electrons. The molecule has 0 saturated carbocycles. The fourth-order valence-electron chi connectivity index (χ4n) is 4.12. The van der Waals surface area contributed by atoms with E-state index in [1.165, 1.54) is 19.2 Å². The van der Waals surface area contributed by atoms with Gasteiger partial charge in [-0.15, -0.1) is 0 Å². The molecule has 0 bridgehead atoms. The third-order valence-electron chi connectivity index (χ3n) is 6.03. The molecule has 1 atom stereocenters. The molecule has 5 aromatic rings. The summed E-state index contributed by atoms with van der Waals surface area (Å²) >= 11 is 0. The lowest BCUT2D eigenvalue weighted by atomic mass is 10.1. The van der Waals surface area contributed by atoms with E-state index in [0.717, 1.165) is 11.6 Å². The number of nitrogens with two attached hydrogens (primary N) is 1. The number of hydrogen-bond acceptors (Lipinski definition) is 8. The number of rotatable bonds is 7. The second-order valence-corrected chi connectivity index (χ2v) is 8.83. The van der Waals surface area contributed by atoms with Crippen LogP contribution in [0.15, 0.2) is 71.3 Å². The van der Waals surface area contributed by atoms with Crippen LogP contribution in [0.5, 0.6) is 5.75 Å². The number of amides is 1. The number of carbonyl (C=O) groups excluding carboxylic acids is 1. The van der Waals surface area contributed by atoms with Crippen LogP contribution in [-0.4, -0.2) is 33.0 Å². The summed E-state index contributed by atoms with van der Waals surface area (Å²) in [6.07, 6.45) is -3.04. The van der Waals surface area contributed by atoms with Crippen LogP contribution in [0.1, 0.15) is 40.7 Å². The van der Waals surface area contributed by atoms with Gasteiger partial charge in [-0.2, -0.15) is 13.2 Å². The van der Waals surface area contributed by atoms with Crippen LogP contribution in [0, 0.1) is 0 Å². The van der Waals surface area contributed by atoms with Crippen molar-refractivity contribution in [2.45, 2.75) is 25.7 Å². The van der Waals surface area contributed by atoms with Crippen molar-refractivity contribution in [1.82, 2.24) is 25.3 Å². The van der Waals surface area contributed by atoms with E-state index < -0.39 is 23.8 Å². The van der Waals surface area contributed by atoms with Crippen molar-refractivity contribution in [2.75, 3.05) is 7.11 Å². The number of carbonyl (C=O) groups is 1. The summed E-state index contributed by atoms with van der Waals surface area (Å²) in [6.45, 7) is 1.63. The molecule has 2 aromatic carbocycles. The van der Waals surface area contributed by atoms with Gasteiger partial charge < -0.3 is 20.2 Å². The number of halogens is 3. The Morgan fingerprint density at radius 2 is 1.82 bits per heavy atom. The molecule has 0 aliphatic carbocycles. The lowest BCUT2D eigenvalue weighted by Gasteiger charge is -2.11. The molecule has 0 aliphatic heterocycles. The summed E-state index contributed by atoms with van der Waals surface area (Å²) in [5.41, 5.74) is 6.82. The van der Waals surface area contributed by atoms with Crippen molar-refractivity contribution in [3.05, 3.63) is 89.8 Å².